The van der Waals surface area contributed by atoms with Crippen molar-refractivity contribution in [3.63, 3.8) is 0 Å². The van der Waals surface area contributed by atoms with Gasteiger partial charge >= 0.3 is 5.97 Å². The lowest BCUT2D eigenvalue weighted by Crippen LogP contribution is -2.19. The Kier molecular flexibility index (Phi) is 4.72. The number of hydrogen-bond acceptors (Lipinski definition) is 7. The van der Waals surface area contributed by atoms with Crippen LogP contribution in [0.2, 0.25) is 0 Å². The van der Waals surface area contributed by atoms with Gasteiger partial charge in [-0.1, -0.05) is 30.3 Å². The summed E-state index contributed by atoms with van der Waals surface area (Å²) in [5.41, 5.74) is 0.848. The van der Waals surface area contributed by atoms with Crippen molar-refractivity contribution in [1.82, 2.24) is 19.2 Å². The highest BCUT2D eigenvalue weighted by Gasteiger charge is 2.19. The fraction of sp³-hybridized carbons (Fsp3) is 0.0909. The molecule has 5 aromatic rings. The SMILES string of the molecule is Cn1c(=O)c2sccc2n2c(COC(=O)c3ccccc3Oc3ccccc3)nnc12. The molecule has 8 nitrogen and oxygen atoms in total. The molecule has 0 saturated heterocycles. The summed E-state index contributed by atoms with van der Waals surface area (Å²) >= 11 is 1.35. The number of fused-ring (bicyclic) bond motifs is 3. The van der Waals surface area contributed by atoms with Crippen LogP contribution in [0.15, 0.2) is 70.8 Å². The number of esters is 1. The Morgan fingerprint density at radius 3 is 2.65 bits per heavy atom. The van der Waals surface area contributed by atoms with Crippen molar-refractivity contribution in [3.05, 3.63) is 87.8 Å². The molecule has 0 aliphatic heterocycles. The first-order chi connectivity index (χ1) is 15.1. The number of thiophene rings is 1. The zero-order valence-corrected chi connectivity index (χ0v) is 17.2. The summed E-state index contributed by atoms with van der Waals surface area (Å²) < 4.78 is 15.1. The number of benzene rings is 2. The Balaban J connectivity index is 1.43. The summed E-state index contributed by atoms with van der Waals surface area (Å²) in [4.78, 5) is 25.3. The lowest BCUT2D eigenvalue weighted by atomic mass is 10.2. The molecular formula is C22H16N4O4S. The van der Waals surface area contributed by atoms with Gasteiger partial charge in [-0.15, -0.1) is 21.5 Å². The van der Waals surface area contributed by atoms with E-state index in [1.807, 2.05) is 29.6 Å². The highest BCUT2D eigenvalue weighted by Crippen LogP contribution is 2.26. The third-order valence-electron chi connectivity index (χ3n) is 4.81. The van der Waals surface area contributed by atoms with E-state index in [-0.39, 0.29) is 12.2 Å². The molecule has 2 aromatic carbocycles. The van der Waals surface area contributed by atoms with Crippen molar-refractivity contribution in [3.8, 4) is 11.5 Å². The first kappa shape index (κ1) is 19.0. The van der Waals surface area contributed by atoms with Gasteiger partial charge in [-0.2, -0.15) is 0 Å². The molecule has 0 fully saturated rings. The molecule has 0 amide bonds. The van der Waals surface area contributed by atoms with E-state index in [9.17, 15) is 9.59 Å². The van der Waals surface area contributed by atoms with E-state index in [4.69, 9.17) is 9.47 Å². The van der Waals surface area contributed by atoms with E-state index in [0.29, 0.717) is 38.9 Å². The smallest absolute Gasteiger partial charge is 0.342 e. The number of nitrogens with zero attached hydrogens (tertiary/aromatic N) is 4. The molecule has 0 saturated carbocycles. The van der Waals surface area contributed by atoms with E-state index in [0.717, 1.165) is 0 Å². The molecule has 0 N–H and O–H groups in total. The maximum atomic E-state index is 12.8. The van der Waals surface area contributed by atoms with Crippen LogP contribution < -0.4 is 10.3 Å². The van der Waals surface area contributed by atoms with Gasteiger partial charge in [-0.05, 0) is 35.7 Å². The summed E-state index contributed by atoms with van der Waals surface area (Å²) in [6.45, 7) is -0.108. The van der Waals surface area contributed by atoms with Gasteiger partial charge in [-0.3, -0.25) is 13.8 Å². The third kappa shape index (κ3) is 3.34. The molecule has 154 valence electrons. The van der Waals surface area contributed by atoms with E-state index >= 15 is 0 Å². The van der Waals surface area contributed by atoms with Crippen LogP contribution in [0.1, 0.15) is 16.2 Å². The molecule has 0 unspecified atom stereocenters. The average molecular weight is 432 g/mol. The number of rotatable bonds is 5. The maximum absolute atomic E-state index is 12.8. The van der Waals surface area contributed by atoms with Gasteiger partial charge in [-0.25, -0.2) is 4.79 Å². The zero-order chi connectivity index (χ0) is 21.4. The predicted octanol–water partition coefficient (Wildman–Crippen LogP) is 3.79. The Bertz CT molecular complexity index is 1470. The number of aryl methyl sites for hydroxylation is 1. The molecule has 0 aliphatic carbocycles. The Labute approximate surface area is 179 Å². The number of carbonyl (C=O) groups excluding carboxylic acids is 1. The number of carbonyl (C=O) groups is 1. The summed E-state index contributed by atoms with van der Waals surface area (Å²) in [5, 5.41) is 10.1. The number of para-hydroxylation sites is 2. The molecule has 5 rings (SSSR count). The van der Waals surface area contributed by atoms with Crippen LogP contribution in [-0.4, -0.2) is 25.1 Å². The van der Waals surface area contributed by atoms with Crippen molar-refractivity contribution >= 4 is 33.3 Å². The topological polar surface area (TPSA) is 87.7 Å². The minimum Gasteiger partial charge on any atom is -0.456 e. The minimum atomic E-state index is -0.547. The standard InChI is InChI=1S/C22H16N4O4S/c1-25-20(27)19-16(11-12-31-19)26-18(23-24-22(25)26)13-29-21(28)15-9-5-6-10-17(15)30-14-7-3-2-4-8-14/h2-12H,13H2,1H3. The predicted molar refractivity (Wildman–Crippen MR) is 116 cm³/mol. The van der Waals surface area contributed by atoms with Gasteiger partial charge in [0.25, 0.3) is 5.56 Å². The van der Waals surface area contributed by atoms with Crippen molar-refractivity contribution in [1.29, 1.82) is 0 Å². The van der Waals surface area contributed by atoms with E-state index < -0.39 is 5.97 Å². The van der Waals surface area contributed by atoms with Crippen molar-refractivity contribution in [2.24, 2.45) is 7.05 Å². The second-order valence-corrected chi connectivity index (χ2v) is 7.65. The highest BCUT2D eigenvalue weighted by atomic mass is 32.1. The van der Waals surface area contributed by atoms with Crippen LogP contribution in [0.25, 0.3) is 16.0 Å². The van der Waals surface area contributed by atoms with Crippen LogP contribution in [0.3, 0.4) is 0 Å². The number of aromatic nitrogens is 4. The second kappa shape index (κ2) is 7.69. The van der Waals surface area contributed by atoms with Crippen LogP contribution in [0.5, 0.6) is 11.5 Å². The monoisotopic (exact) mass is 432 g/mol. The molecule has 0 radical (unpaired) electrons. The van der Waals surface area contributed by atoms with Crippen molar-refractivity contribution in [2.45, 2.75) is 6.61 Å². The van der Waals surface area contributed by atoms with E-state index in [2.05, 4.69) is 10.2 Å². The molecule has 9 heteroatoms. The molecule has 0 atom stereocenters. The fourth-order valence-corrected chi connectivity index (χ4v) is 4.14. The lowest BCUT2D eigenvalue weighted by Gasteiger charge is -2.11. The highest BCUT2D eigenvalue weighted by molar-refractivity contribution is 7.17. The fourth-order valence-electron chi connectivity index (χ4n) is 3.29. The minimum absolute atomic E-state index is 0.108. The third-order valence-corrected chi connectivity index (χ3v) is 5.70. The molecule has 3 aromatic heterocycles. The molecule has 0 bridgehead atoms. The van der Waals surface area contributed by atoms with E-state index in [1.54, 1.807) is 47.8 Å². The van der Waals surface area contributed by atoms with Crippen LogP contribution in [-0.2, 0) is 18.4 Å². The normalized spacial score (nSPS) is 11.1. The quantitative estimate of drug-likeness (QED) is 0.393. The van der Waals surface area contributed by atoms with Gasteiger partial charge in [0.05, 0.1) is 5.52 Å². The largest absolute Gasteiger partial charge is 0.456 e. The van der Waals surface area contributed by atoms with Gasteiger partial charge < -0.3 is 9.47 Å². The molecule has 31 heavy (non-hydrogen) atoms. The molecule has 0 spiro atoms. The Hall–Kier alpha value is -3.98. The first-order valence-corrected chi connectivity index (χ1v) is 10.3. The zero-order valence-electron chi connectivity index (χ0n) is 16.4. The second-order valence-electron chi connectivity index (χ2n) is 6.74. The Morgan fingerprint density at radius 1 is 1.03 bits per heavy atom. The van der Waals surface area contributed by atoms with Crippen molar-refractivity contribution in [2.75, 3.05) is 0 Å². The van der Waals surface area contributed by atoms with Crippen LogP contribution >= 0.6 is 11.3 Å². The molecular weight excluding hydrogens is 416 g/mol. The van der Waals surface area contributed by atoms with Gasteiger partial charge in [0.1, 0.15) is 21.8 Å². The van der Waals surface area contributed by atoms with Gasteiger partial charge in [0.15, 0.2) is 12.4 Å². The van der Waals surface area contributed by atoms with Crippen LogP contribution in [0.4, 0.5) is 0 Å². The van der Waals surface area contributed by atoms with Crippen LogP contribution in [0, 0.1) is 0 Å². The molecule has 3 heterocycles. The summed E-state index contributed by atoms with van der Waals surface area (Å²) in [5.74, 6) is 1.27. The van der Waals surface area contributed by atoms with Gasteiger partial charge in [0, 0.05) is 7.05 Å². The van der Waals surface area contributed by atoms with Gasteiger partial charge in [0.2, 0.25) is 5.78 Å². The van der Waals surface area contributed by atoms with E-state index in [1.165, 1.54) is 15.9 Å². The number of hydrogen-bond donors (Lipinski definition) is 0. The maximum Gasteiger partial charge on any atom is 0.342 e. The Morgan fingerprint density at radius 2 is 1.81 bits per heavy atom. The number of ether oxygens (including phenoxy) is 2. The lowest BCUT2D eigenvalue weighted by molar-refractivity contribution is 0.0458. The van der Waals surface area contributed by atoms with Crippen molar-refractivity contribution < 1.29 is 14.3 Å². The summed E-state index contributed by atoms with van der Waals surface area (Å²) in [7, 11) is 1.64. The molecule has 0 aliphatic rings. The summed E-state index contributed by atoms with van der Waals surface area (Å²) in [6, 6.07) is 17.9. The first-order valence-electron chi connectivity index (χ1n) is 9.43. The average Bonchev–Trinajstić information content (AvgIpc) is 3.44. The summed E-state index contributed by atoms with van der Waals surface area (Å²) in [6.07, 6.45) is 0.